The average molecular weight is 341 g/mol. The van der Waals surface area contributed by atoms with E-state index < -0.39 is 0 Å². The third-order valence-corrected chi connectivity index (χ3v) is 6.94. The van der Waals surface area contributed by atoms with Crippen LogP contribution in [0.2, 0.25) is 0 Å². The molecule has 0 aromatic heterocycles. The summed E-state index contributed by atoms with van der Waals surface area (Å²) in [5.74, 6) is 2.18. The topological polar surface area (TPSA) is 0 Å². The molecular weight excluding hydrogens is 312 g/mol. The number of hydrogen-bond donors (Lipinski definition) is 0. The first kappa shape index (κ1) is 16.1. The number of allylic oxidation sites excluding steroid dienone is 3. The van der Waals surface area contributed by atoms with E-state index in [0.29, 0.717) is 5.92 Å². The van der Waals surface area contributed by atoms with Crippen LogP contribution in [0.4, 0.5) is 0 Å². The summed E-state index contributed by atoms with van der Waals surface area (Å²) in [5, 5.41) is 0. The lowest BCUT2D eigenvalue weighted by atomic mass is 9.81. The van der Waals surface area contributed by atoms with Crippen LogP contribution in [-0.2, 0) is 0 Å². The Morgan fingerprint density at radius 2 is 1.65 bits per heavy atom. The fourth-order valence-electron chi connectivity index (χ4n) is 5.31. The smallest absolute Gasteiger partial charge is 0.00604 e. The van der Waals surface area contributed by atoms with Gasteiger partial charge in [0, 0.05) is 11.8 Å². The van der Waals surface area contributed by atoms with E-state index in [4.69, 9.17) is 0 Å². The molecule has 0 spiro atoms. The highest BCUT2D eigenvalue weighted by Gasteiger charge is 2.35. The zero-order valence-corrected chi connectivity index (χ0v) is 15.7. The minimum Gasteiger partial charge on any atom is -0.0764 e. The summed E-state index contributed by atoms with van der Waals surface area (Å²) in [6.07, 6.45) is 12.7. The van der Waals surface area contributed by atoms with Crippen molar-refractivity contribution in [1.29, 1.82) is 0 Å². The molecule has 3 aliphatic carbocycles. The van der Waals surface area contributed by atoms with Gasteiger partial charge in [-0.1, -0.05) is 73.2 Å². The van der Waals surface area contributed by atoms with Gasteiger partial charge in [0.2, 0.25) is 0 Å². The van der Waals surface area contributed by atoms with E-state index in [9.17, 15) is 0 Å². The van der Waals surface area contributed by atoms with Crippen molar-refractivity contribution in [3.05, 3.63) is 82.4 Å². The number of benzene rings is 2. The third-order valence-electron chi connectivity index (χ3n) is 6.94. The molecule has 2 aromatic carbocycles. The van der Waals surface area contributed by atoms with Gasteiger partial charge in [0.15, 0.2) is 0 Å². The molecule has 0 radical (unpaired) electrons. The first-order valence-electron chi connectivity index (χ1n) is 10.4. The van der Waals surface area contributed by atoms with Crippen LogP contribution < -0.4 is 0 Å². The van der Waals surface area contributed by atoms with E-state index in [2.05, 4.69) is 67.6 Å². The Hall–Kier alpha value is -2.08. The van der Waals surface area contributed by atoms with Crippen molar-refractivity contribution in [3.8, 4) is 0 Å². The molecular formula is C26H28. The summed E-state index contributed by atoms with van der Waals surface area (Å²) in [7, 11) is 0. The summed E-state index contributed by atoms with van der Waals surface area (Å²) in [5.41, 5.74) is 9.61. The lowest BCUT2D eigenvalue weighted by Crippen LogP contribution is -2.07. The Labute approximate surface area is 157 Å². The minimum absolute atomic E-state index is 0.641. The van der Waals surface area contributed by atoms with Gasteiger partial charge in [-0.25, -0.2) is 0 Å². The van der Waals surface area contributed by atoms with Crippen molar-refractivity contribution in [1.82, 2.24) is 0 Å². The van der Waals surface area contributed by atoms with Crippen molar-refractivity contribution in [2.75, 3.05) is 0 Å². The van der Waals surface area contributed by atoms with Gasteiger partial charge in [-0.2, -0.15) is 0 Å². The molecule has 0 aliphatic heterocycles. The van der Waals surface area contributed by atoms with Crippen molar-refractivity contribution < 1.29 is 0 Å². The second kappa shape index (κ2) is 6.58. The van der Waals surface area contributed by atoms with Crippen LogP contribution in [0.1, 0.15) is 79.5 Å². The van der Waals surface area contributed by atoms with Crippen molar-refractivity contribution in [3.63, 3.8) is 0 Å². The van der Waals surface area contributed by atoms with E-state index >= 15 is 0 Å². The third kappa shape index (κ3) is 2.67. The Balaban J connectivity index is 1.18. The highest BCUT2D eigenvalue weighted by Crippen LogP contribution is 2.54. The summed E-state index contributed by atoms with van der Waals surface area (Å²) >= 11 is 0. The Kier molecular flexibility index (Phi) is 4.08. The summed E-state index contributed by atoms with van der Waals surface area (Å²) in [6, 6.07) is 18.0. The maximum atomic E-state index is 2.46. The zero-order chi connectivity index (χ0) is 17.5. The van der Waals surface area contributed by atoms with Gasteiger partial charge in [-0.3, -0.25) is 0 Å². The highest BCUT2D eigenvalue weighted by atomic mass is 14.4. The van der Waals surface area contributed by atoms with Crippen LogP contribution >= 0.6 is 0 Å². The normalized spacial score (nSPS) is 23.4. The van der Waals surface area contributed by atoms with Gasteiger partial charge < -0.3 is 0 Å². The van der Waals surface area contributed by atoms with Crippen LogP contribution in [0.5, 0.6) is 0 Å². The fraction of sp³-hybridized carbons (Fsp3) is 0.385. The SMILES string of the molecule is CC(CCC1C=Cc2ccccc21)CCC1C2=C(CC2)c2ccccc21. The van der Waals surface area contributed by atoms with Crippen LogP contribution in [-0.4, -0.2) is 0 Å². The van der Waals surface area contributed by atoms with Gasteiger partial charge in [-0.05, 0) is 72.3 Å². The molecule has 3 atom stereocenters. The molecule has 0 amide bonds. The molecule has 0 saturated carbocycles. The van der Waals surface area contributed by atoms with E-state index in [1.807, 2.05) is 0 Å². The van der Waals surface area contributed by atoms with Crippen LogP contribution in [0.15, 0.2) is 60.2 Å². The number of hydrogen-bond acceptors (Lipinski definition) is 0. The molecule has 3 aliphatic rings. The molecule has 3 unspecified atom stereocenters. The van der Waals surface area contributed by atoms with Crippen LogP contribution in [0.3, 0.4) is 0 Å². The van der Waals surface area contributed by atoms with Gasteiger partial charge in [0.25, 0.3) is 0 Å². The molecule has 5 rings (SSSR count). The maximum Gasteiger partial charge on any atom is 0.00604 e. The van der Waals surface area contributed by atoms with E-state index in [0.717, 1.165) is 11.8 Å². The van der Waals surface area contributed by atoms with Crippen molar-refractivity contribution in [2.45, 2.75) is 57.3 Å². The summed E-state index contributed by atoms with van der Waals surface area (Å²) in [4.78, 5) is 0. The quantitative estimate of drug-likeness (QED) is 0.516. The average Bonchev–Trinajstić information content (AvgIpc) is 3.14. The molecule has 132 valence electrons. The lowest BCUT2D eigenvalue weighted by molar-refractivity contribution is 0.436. The lowest BCUT2D eigenvalue weighted by Gasteiger charge is -2.24. The predicted octanol–water partition coefficient (Wildman–Crippen LogP) is 7.34. The standard InChI is InChI=1S/C26H28/c1-18(10-12-20-14-13-19-6-2-3-7-21(19)20)11-15-24-22-8-4-5-9-23(22)25-16-17-26(24)25/h2-9,13-14,18,20,24H,10-12,15-17H2,1H3. The number of rotatable bonds is 6. The Morgan fingerprint density at radius 3 is 2.50 bits per heavy atom. The largest absolute Gasteiger partial charge is 0.0764 e. The maximum absolute atomic E-state index is 2.46. The van der Waals surface area contributed by atoms with Gasteiger partial charge in [-0.15, -0.1) is 0 Å². The zero-order valence-electron chi connectivity index (χ0n) is 15.7. The molecule has 0 heteroatoms. The molecule has 0 heterocycles. The predicted molar refractivity (Wildman–Crippen MR) is 111 cm³/mol. The molecule has 0 N–H and O–H groups in total. The summed E-state index contributed by atoms with van der Waals surface area (Å²) < 4.78 is 0. The van der Waals surface area contributed by atoms with Crippen LogP contribution in [0, 0.1) is 5.92 Å². The molecule has 0 bridgehead atoms. The number of fused-ring (bicyclic) bond motifs is 3. The van der Waals surface area contributed by atoms with Gasteiger partial charge >= 0.3 is 0 Å². The van der Waals surface area contributed by atoms with Crippen molar-refractivity contribution in [2.24, 2.45) is 5.92 Å². The second-order valence-electron chi connectivity index (χ2n) is 8.50. The monoisotopic (exact) mass is 340 g/mol. The van der Waals surface area contributed by atoms with E-state index in [1.165, 1.54) is 49.7 Å². The molecule has 0 nitrogen and oxygen atoms in total. The molecule has 2 aromatic rings. The van der Waals surface area contributed by atoms with Crippen molar-refractivity contribution >= 4 is 11.6 Å². The van der Waals surface area contributed by atoms with Gasteiger partial charge in [0.1, 0.15) is 0 Å². The van der Waals surface area contributed by atoms with E-state index in [-0.39, 0.29) is 0 Å². The molecule has 0 saturated heterocycles. The Bertz CT molecular complexity index is 882. The van der Waals surface area contributed by atoms with E-state index in [1.54, 1.807) is 22.3 Å². The molecule has 0 fully saturated rings. The summed E-state index contributed by atoms with van der Waals surface area (Å²) in [6.45, 7) is 2.46. The highest BCUT2D eigenvalue weighted by molar-refractivity contribution is 5.82. The van der Waals surface area contributed by atoms with Crippen LogP contribution in [0.25, 0.3) is 11.6 Å². The fourth-order valence-corrected chi connectivity index (χ4v) is 5.31. The van der Waals surface area contributed by atoms with Gasteiger partial charge in [0.05, 0.1) is 0 Å². The second-order valence-corrected chi connectivity index (χ2v) is 8.50. The first-order valence-corrected chi connectivity index (χ1v) is 10.4. The Morgan fingerprint density at radius 1 is 0.885 bits per heavy atom. The minimum atomic E-state index is 0.641. The molecule has 26 heavy (non-hydrogen) atoms. The first-order chi connectivity index (χ1) is 12.8.